The van der Waals surface area contributed by atoms with Crippen molar-refractivity contribution < 1.29 is 22.7 Å². The Morgan fingerprint density at radius 1 is 1.05 bits per heavy atom. The van der Waals surface area contributed by atoms with Crippen molar-refractivity contribution in [1.29, 1.82) is 0 Å². The Balaban J connectivity index is 2.55. The van der Waals surface area contributed by atoms with E-state index >= 15 is 0 Å². The van der Waals surface area contributed by atoms with Crippen molar-refractivity contribution in [3.8, 4) is 11.1 Å². The van der Waals surface area contributed by atoms with E-state index in [-0.39, 0.29) is 5.56 Å². The smallest absolute Gasteiger partial charge is 0.416 e. The maximum absolute atomic E-state index is 12.7. The third kappa shape index (κ3) is 2.82. The molecule has 0 aliphatic rings. The Labute approximate surface area is 113 Å². The highest BCUT2D eigenvalue weighted by Gasteiger charge is 2.30. The zero-order valence-electron chi connectivity index (χ0n) is 10.6. The molecule has 0 aromatic heterocycles. The number of methoxy groups -OCH3 is 1. The van der Waals surface area contributed by atoms with Gasteiger partial charge in [-0.25, -0.2) is 4.79 Å². The summed E-state index contributed by atoms with van der Waals surface area (Å²) in [6.07, 6.45) is -4.42. The molecular formula is C15H11F3O2. The third-order valence-electron chi connectivity index (χ3n) is 2.83. The number of alkyl halides is 3. The summed E-state index contributed by atoms with van der Waals surface area (Å²) in [5.74, 6) is -0.585. The van der Waals surface area contributed by atoms with Crippen LogP contribution >= 0.6 is 0 Å². The van der Waals surface area contributed by atoms with Crippen LogP contribution in [-0.2, 0) is 10.9 Å². The SMILES string of the molecule is COC(=O)c1ccccc1-c1cccc(C(F)(F)F)c1. The normalized spacial score (nSPS) is 11.2. The van der Waals surface area contributed by atoms with Crippen LogP contribution in [0.3, 0.4) is 0 Å². The molecule has 5 heteroatoms. The van der Waals surface area contributed by atoms with Crippen molar-refractivity contribution in [2.45, 2.75) is 6.18 Å². The van der Waals surface area contributed by atoms with Gasteiger partial charge in [0.2, 0.25) is 0 Å². The van der Waals surface area contributed by atoms with Gasteiger partial charge in [0.25, 0.3) is 0 Å². The van der Waals surface area contributed by atoms with Crippen LogP contribution in [0.5, 0.6) is 0 Å². The lowest BCUT2D eigenvalue weighted by Crippen LogP contribution is -2.06. The average molecular weight is 280 g/mol. The molecule has 2 aromatic carbocycles. The maximum Gasteiger partial charge on any atom is 0.416 e. The Hall–Kier alpha value is -2.30. The lowest BCUT2D eigenvalue weighted by Gasteiger charge is -2.11. The van der Waals surface area contributed by atoms with Crippen LogP contribution in [0.1, 0.15) is 15.9 Å². The van der Waals surface area contributed by atoms with Crippen molar-refractivity contribution in [2.24, 2.45) is 0 Å². The summed E-state index contributed by atoms with van der Waals surface area (Å²) in [7, 11) is 1.23. The largest absolute Gasteiger partial charge is 0.465 e. The number of hydrogen-bond donors (Lipinski definition) is 0. The summed E-state index contributed by atoms with van der Waals surface area (Å²) in [6, 6.07) is 11.2. The predicted molar refractivity (Wildman–Crippen MR) is 68.2 cm³/mol. The van der Waals surface area contributed by atoms with Crippen LogP contribution in [0.25, 0.3) is 11.1 Å². The van der Waals surface area contributed by atoms with E-state index in [0.717, 1.165) is 12.1 Å². The summed E-state index contributed by atoms with van der Waals surface area (Å²) >= 11 is 0. The van der Waals surface area contributed by atoms with E-state index in [1.54, 1.807) is 18.2 Å². The summed E-state index contributed by atoms with van der Waals surface area (Å²) in [5.41, 5.74) is 0.204. The minimum atomic E-state index is -4.42. The first kappa shape index (κ1) is 14.1. The number of carbonyl (C=O) groups excluding carboxylic acids is 1. The molecule has 0 amide bonds. The van der Waals surface area contributed by atoms with E-state index in [0.29, 0.717) is 11.1 Å². The molecule has 0 atom stereocenters. The van der Waals surface area contributed by atoms with E-state index in [2.05, 4.69) is 4.74 Å². The molecule has 0 spiro atoms. The molecule has 0 heterocycles. The number of rotatable bonds is 2. The van der Waals surface area contributed by atoms with Gasteiger partial charge < -0.3 is 4.74 Å². The first-order valence-electron chi connectivity index (χ1n) is 5.78. The number of esters is 1. The van der Waals surface area contributed by atoms with Gasteiger partial charge in [-0.05, 0) is 29.3 Å². The molecule has 0 aliphatic carbocycles. The Bertz CT molecular complexity index is 633. The Morgan fingerprint density at radius 3 is 2.40 bits per heavy atom. The fourth-order valence-corrected chi connectivity index (χ4v) is 1.89. The molecule has 0 unspecified atom stereocenters. The Kier molecular flexibility index (Phi) is 3.79. The fraction of sp³-hybridized carbons (Fsp3) is 0.133. The molecule has 2 nitrogen and oxygen atoms in total. The maximum atomic E-state index is 12.7. The van der Waals surface area contributed by atoms with Gasteiger partial charge in [-0.2, -0.15) is 13.2 Å². The molecule has 2 aromatic rings. The van der Waals surface area contributed by atoms with Crippen LogP contribution in [0.4, 0.5) is 13.2 Å². The second-order valence-electron chi connectivity index (χ2n) is 4.12. The molecule has 104 valence electrons. The van der Waals surface area contributed by atoms with Crippen molar-refractivity contribution >= 4 is 5.97 Å². The fourth-order valence-electron chi connectivity index (χ4n) is 1.89. The van der Waals surface area contributed by atoms with Gasteiger partial charge in [0, 0.05) is 0 Å². The summed E-state index contributed by atoms with van der Waals surface area (Å²) in [6.45, 7) is 0. The van der Waals surface area contributed by atoms with Gasteiger partial charge in [-0.1, -0.05) is 30.3 Å². The number of hydrogen-bond acceptors (Lipinski definition) is 2. The highest BCUT2D eigenvalue weighted by molar-refractivity contribution is 5.97. The molecule has 0 aliphatic heterocycles. The number of ether oxygens (including phenoxy) is 1. The zero-order valence-corrected chi connectivity index (χ0v) is 10.6. The summed E-state index contributed by atoms with van der Waals surface area (Å²) < 4.78 is 42.8. The van der Waals surface area contributed by atoms with Crippen molar-refractivity contribution in [1.82, 2.24) is 0 Å². The first-order valence-corrected chi connectivity index (χ1v) is 5.78. The number of halogens is 3. The second kappa shape index (κ2) is 5.36. The average Bonchev–Trinajstić information content (AvgIpc) is 2.45. The van der Waals surface area contributed by atoms with Gasteiger partial charge in [0.15, 0.2) is 0 Å². The number of carbonyl (C=O) groups is 1. The minimum Gasteiger partial charge on any atom is -0.465 e. The highest BCUT2D eigenvalue weighted by Crippen LogP contribution is 2.33. The van der Waals surface area contributed by atoms with Gasteiger partial charge in [-0.3, -0.25) is 0 Å². The van der Waals surface area contributed by atoms with Gasteiger partial charge in [-0.15, -0.1) is 0 Å². The van der Waals surface area contributed by atoms with E-state index in [4.69, 9.17) is 0 Å². The molecule has 0 bridgehead atoms. The Morgan fingerprint density at radius 2 is 1.75 bits per heavy atom. The molecule has 2 rings (SSSR count). The van der Waals surface area contributed by atoms with Crippen LogP contribution in [-0.4, -0.2) is 13.1 Å². The van der Waals surface area contributed by atoms with Crippen LogP contribution < -0.4 is 0 Å². The summed E-state index contributed by atoms with van der Waals surface area (Å²) in [5, 5.41) is 0. The lowest BCUT2D eigenvalue weighted by molar-refractivity contribution is -0.137. The molecule has 0 saturated carbocycles. The molecule has 0 saturated heterocycles. The lowest BCUT2D eigenvalue weighted by atomic mass is 9.98. The van der Waals surface area contributed by atoms with Gasteiger partial charge >= 0.3 is 12.1 Å². The standard InChI is InChI=1S/C15H11F3O2/c1-20-14(19)13-8-3-2-7-12(13)10-5-4-6-11(9-10)15(16,17)18/h2-9H,1H3. The molecular weight excluding hydrogens is 269 g/mol. The molecule has 0 radical (unpaired) electrons. The van der Waals surface area contributed by atoms with Crippen molar-refractivity contribution in [2.75, 3.05) is 7.11 Å². The monoisotopic (exact) mass is 280 g/mol. The quantitative estimate of drug-likeness (QED) is 0.772. The van der Waals surface area contributed by atoms with Crippen molar-refractivity contribution in [3.05, 3.63) is 59.7 Å². The van der Waals surface area contributed by atoms with Crippen LogP contribution in [0, 0.1) is 0 Å². The minimum absolute atomic E-state index is 0.231. The second-order valence-corrected chi connectivity index (χ2v) is 4.12. The van der Waals surface area contributed by atoms with E-state index in [9.17, 15) is 18.0 Å². The van der Waals surface area contributed by atoms with Crippen molar-refractivity contribution in [3.63, 3.8) is 0 Å². The summed E-state index contributed by atoms with van der Waals surface area (Å²) in [4.78, 5) is 11.6. The predicted octanol–water partition coefficient (Wildman–Crippen LogP) is 4.16. The first-order chi connectivity index (χ1) is 9.43. The molecule has 0 fully saturated rings. The number of benzene rings is 2. The highest BCUT2D eigenvalue weighted by atomic mass is 19.4. The van der Waals surface area contributed by atoms with E-state index < -0.39 is 17.7 Å². The molecule has 20 heavy (non-hydrogen) atoms. The van der Waals surface area contributed by atoms with Gasteiger partial charge in [0.05, 0.1) is 18.2 Å². The topological polar surface area (TPSA) is 26.3 Å². The van der Waals surface area contributed by atoms with Gasteiger partial charge in [0.1, 0.15) is 0 Å². The van der Waals surface area contributed by atoms with E-state index in [1.165, 1.54) is 25.3 Å². The molecule has 0 N–H and O–H groups in total. The third-order valence-corrected chi connectivity index (χ3v) is 2.83. The van der Waals surface area contributed by atoms with E-state index in [1.807, 2.05) is 0 Å². The zero-order chi connectivity index (χ0) is 14.8. The van der Waals surface area contributed by atoms with Crippen LogP contribution in [0.2, 0.25) is 0 Å². The van der Waals surface area contributed by atoms with Crippen LogP contribution in [0.15, 0.2) is 48.5 Å².